The van der Waals surface area contributed by atoms with Crippen molar-refractivity contribution < 1.29 is 9.90 Å². The first-order valence-electron chi connectivity index (χ1n) is 8.40. The molecule has 1 amide bonds. The number of nitrogens with one attached hydrogen (secondary N) is 1. The third-order valence-corrected chi connectivity index (χ3v) is 5.73. The number of fused-ring (bicyclic) bond motifs is 4. The quantitative estimate of drug-likeness (QED) is 0.594. The number of rotatable bonds is 3. The van der Waals surface area contributed by atoms with Crippen LogP contribution in [-0.2, 0) is 11.3 Å². The Kier molecular flexibility index (Phi) is 4.31. The molecular weight excluding hydrogens is 356 g/mol. The van der Waals surface area contributed by atoms with Crippen molar-refractivity contribution in [1.82, 2.24) is 19.4 Å². The van der Waals surface area contributed by atoms with E-state index in [4.69, 9.17) is 0 Å². The fourth-order valence-electron chi connectivity index (χ4n) is 3.81. The monoisotopic (exact) mass is 374 g/mol. The summed E-state index contributed by atoms with van der Waals surface area (Å²) in [5, 5.41) is 9.58. The molecule has 136 valence electrons. The molecule has 0 aromatic carbocycles. The SMILES string of the molecule is O=C(CSc1nc(O)cc(=O)[nH]1)N1C[C@@H]2C[C@@H](C1)c1cccc(=O)n1C2. The molecule has 2 N–H and O–H groups in total. The highest BCUT2D eigenvalue weighted by Crippen LogP contribution is 2.35. The van der Waals surface area contributed by atoms with Crippen molar-refractivity contribution in [2.45, 2.75) is 24.0 Å². The minimum Gasteiger partial charge on any atom is -0.493 e. The van der Waals surface area contributed by atoms with Gasteiger partial charge in [-0.25, -0.2) is 0 Å². The molecule has 2 bridgehead atoms. The Morgan fingerprint density at radius 1 is 1.31 bits per heavy atom. The van der Waals surface area contributed by atoms with Crippen LogP contribution < -0.4 is 11.1 Å². The van der Waals surface area contributed by atoms with E-state index in [0.717, 1.165) is 29.9 Å². The average Bonchev–Trinajstić information content (AvgIpc) is 2.60. The average molecular weight is 374 g/mol. The molecule has 2 aliphatic rings. The third kappa shape index (κ3) is 3.26. The number of nitrogens with zero attached hydrogens (tertiary/aromatic N) is 3. The van der Waals surface area contributed by atoms with Crippen molar-refractivity contribution in [1.29, 1.82) is 0 Å². The van der Waals surface area contributed by atoms with Crippen LogP contribution in [0.15, 0.2) is 39.0 Å². The Hall–Kier alpha value is -2.55. The molecule has 0 saturated carbocycles. The number of thioether (sulfide) groups is 1. The molecule has 1 saturated heterocycles. The Morgan fingerprint density at radius 3 is 2.96 bits per heavy atom. The number of pyridine rings is 1. The molecule has 26 heavy (non-hydrogen) atoms. The fraction of sp³-hybridized carbons (Fsp3) is 0.412. The number of piperidine rings is 1. The highest BCUT2D eigenvalue weighted by molar-refractivity contribution is 7.99. The van der Waals surface area contributed by atoms with Gasteiger partial charge in [0.2, 0.25) is 11.8 Å². The molecule has 4 heterocycles. The third-order valence-electron chi connectivity index (χ3n) is 4.87. The van der Waals surface area contributed by atoms with Crippen LogP contribution in [0.2, 0.25) is 0 Å². The molecule has 1 fully saturated rings. The molecule has 0 aliphatic carbocycles. The molecule has 4 rings (SSSR count). The largest absolute Gasteiger partial charge is 0.493 e. The maximum Gasteiger partial charge on any atom is 0.255 e. The minimum atomic E-state index is -0.456. The van der Waals surface area contributed by atoms with Gasteiger partial charge in [-0.1, -0.05) is 17.8 Å². The second kappa shape index (κ2) is 6.64. The summed E-state index contributed by atoms with van der Waals surface area (Å²) in [6, 6.07) is 6.30. The first kappa shape index (κ1) is 16.9. The van der Waals surface area contributed by atoms with Gasteiger partial charge in [-0.15, -0.1) is 0 Å². The number of amides is 1. The molecule has 0 radical (unpaired) electrons. The van der Waals surface area contributed by atoms with Crippen molar-refractivity contribution in [2.24, 2.45) is 5.92 Å². The van der Waals surface area contributed by atoms with Crippen LogP contribution in [-0.4, -0.2) is 49.3 Å². The molecule has 2 aromatic heterocycles. The maximum atomic E-state index is 12.6. The van der Waals surface area contributed by atoms with E-state index < -0.39 is 5.56 Å². The van der Waals surface area contributed by atoms with E-state index in [2.05, 4.69) is 9.97 Å². The lowest BCUT2D eigenvalue weighted by molar-refractivity contribution is -0.131. The Morgan fingerprint density at radius 2 is 2.15 bits per heavy atom. The van der Waals surface area contributed by atoms with Gasteiger partial charge in [0, 0.05) is 37.3 Å². The smallest absolute Gasteiger partial charge is 0.255 e. The fourth-order valence-corrected chi connectivity index (χ4v) is 4.59. The standard InChI is InChI=1S/C17H18N4O4S/c22-13-5-14(23)19-17(18-13)26-9-16(25)20-6-10-4-11(8-20)12-2-1-3-15(24)21(12)7-10/h1-3,5,10-11H,4,6-9H2,(H2,18,19,22,23)/t10-,11-/m0/s1. The molecule has 2 atom stereocenters. The van der Waals surface area contributed by atoms with Gasteiger partial charge in [0.15, 0.2) is 5.16 Å². The first-order valence-corrected chi connectivity index (χ1v) is 9.39. The van der Waals surface area contributed by atoms with E-state index in [1.807, 2.05) is 15.5 Å². The number of H-pyrrole nitrogens is 1. The van der Waals surface area contributed by atoms with Crippen LogP contribution >= 0.6 is 11.8 Å². The van der Waals surface area contributed by atoms with Crippen LogP contribution in [0.1, 0.15) is 18.0 Å². The summed E-state index contributed by atoms with van der Waals surface area (Å²) in [5.74, 6) is 0.173. The number of hydrogen-bond donors (Lipinski definition) is 2. The zero-order chi connectivity index (χ0) is 18.3. The van der Waals surface area contributed by atoms with Gasteiger partial charge in [-0.3, -0.25) is 14.4 Å². The highest BCUT2D eigenvalue weighted by Gasteiger charge is 2.36. The second-order valence-electron chi connectivity index (χ2n) is 6.69. The van der Waals surface area contributed by atoms with E-state index in [1.165, 1.54) is 0 Å². The van der Waals surface area contributed by atoms with Crippen molar-refractivity contribution in [3.63, 3.8) is 0 Å². The number of aromatic nitrogens is 3. The van der Waals surface area contributed by atoms with Crippen molar-refractivity contribution in [3.05, 3.63) is 50.7 Å². The van der Waals surface area contributed by atoms with E-state index >= 15 is 0 Å². The summed E-state index contributed by atoms with van der Waals surface area (Å²) in [7, 11) is 0. The number of hydrogen-bond acceptors (Lipinski definition) is 6. The lowest BCUT2D eigenvalue weighted by atomic mass is 9.83. The van der Waals surface area contributed by atoms with Gasteiger partial charge in [0.05, 0.1) is 11.8 Å². The number of aromatic amines is 1. The Balaban J connectivity index is 1.45. The normalized spacial score (nSPS) is 21.3. The van der Waals surface area contributed by atoms with Crippen molar-refractivity contribution in [3.8, 4) is 5.88 Å². The number of aromatic hydroxyl groups is 1. The zero-order valence-corrected chi connectivity index (χ0v) is 14.7. The van der Waals surface area contributed by atoms with Crippen molar-refractivity contribution in [2.75, 3.05) is 18.8 Å². The number of carbonyl (C=O) groups excluding carboxylic acids is 1. The lowest BCUT2D eigenvalue weighted by Crippen LogP contribution is -2.49. The molecule has 9 heteroatoms. The molecule has 8 nitrogen and oxygen atoms in total. The Labute approximate surface area is 152 Å². The first-order chi connectivity index (χ1) is 12.5. The van der Waals surface area contributed by atoms with E-state index in [-0.39, 0.29) is 40.1 Å². The van der Waals surface area contributed by atoms with Gasteiger partial charge < -0.3 is 19.6 Å². The van der Waals surface area contributed by atoms with Crippen LogP contribution in [0, 0.1) is 5.92 Å². The molecule has 2 aromatic rings. The molecule has 0 unspecified atom stereocenters. The van der Waals surface area contributed by atoms with Gasteiger partial charge >= 0.3 is 0 Å². The summed E-state index contributed by atoms with van der Waals surface area (Å²) >= 11 is 1.09. The zero-order valence-electron chi connectivity index (χ0n) is 13.9. The molecule has 2 aliphatic heterocycles. The van der Waals surface area contributed by atoms with Gasteiger partial charge in [-0.2, -0.15) is 4.98 Å². The maximum absolute atomic E-state index is 12.6. The van der Waals surface area contributed by atoms with E-state index in [1.54, 1.807) is 12.1 Å². The molecule has 0 spiro atoms. The van der Waals surface area contributed by atoms with Crippen LogP contribution in [0.5, 0.6) is 5.88 Å². The van der Waals surface area contributed by atoms with Gasteiger partial charge in [-0.05, 0) is 18.4 Å². The summed E-state index contributed by atoms with van der Waals surface area (Å²) < 4.78 is 1.83. The van der Waals surface area contributed by atoms with Crippen LogP contribution in [0.3, 0.4) is 0 Å². The summed E-state index contributed by atoms with van der Waals surface area (Å²) in [6.07, 6.45) is 0.988. The topological polar surface area (TPSA) is 108 Å². The summed E-state index contributed by atoms with van der Waals surface area (Å²) in [4.78, 5) is 44.1. The summed E-state index contributed by atoms with van der Waals surface area (Å²) in [5.41, 5.74) is 0.561. The van der Waals surface area contributed by atoms with Crippen molar-refractivity contribution >= 4 is 17.7 Å². The molecular formula is C17H18N4O4S. The van der Waals surface area contributed by atoms with Gasteiger partial charge in [0.1, 0.15) is 0 Å². The number of likely N-dealkylation sites (tertiary alicyclic amines) is 1. The minimum absolute atomic E-state index is 0.0199. The predicted molar refractivity (Wildman–Crippen MR) is 95.4 cm³/mol. The van der Waals surface area contributed by atoms with Gasteiger partial charge in [0.25, 0.3) is 11.1 Å². The lowest BCUT2D eigenvalue weighted by Gasteiger charge is -2.42. The second-order valence-corrected chi connectivity index (χ2v) is 7.66. The number of carbonyl (C=O) groups is 1. The van der Waals surface area contributed by atoms with Crippen LogP contribution in [0.25, 0.3) is 0 Å². The Bertz CT molecular complexity index is 970. The van der Waals surface area contributed by atoms with Crippen LogP contribution in [0.4, 0.5) is 0 Å². The van der Waals surface area contributed by atoms with E-state index in [0.29, 0.717) is 19.6 Å². The highest BCUT2D eigenvalue weighted by atomic mass is 32.2. The summed E-state index contributed by atoms with van der Waals surface area (Å²) in [6.45, 7) is 1.86. The van der Waals surface area contributed by atoms with E-state index in [9.17, 15) is 19.5 Å². The predicted octanol–water partition coefficient (Wildman–Crippen LogP) is 0.375.